The molecule has 5 nitrogen and oxygen atoms in total. The zero-order valence-corrected chi connectivity index (χ0v) is 12.0. The third-order valence-corrected chi connectivity index (χ3v) is 3.33. The third kappa shape index (κ3) is 4.57. The Morgan fingerprint density at radius 2 is 2.00 bits per heavy atom. The molecule has 0 heterocycles. The van der Waals surface area contributed by atoms with Gasteiger partial charge in [-0.15, -0.1) is 0 Å². The fourth-order valence-corrected chi connectivity index (χ4v) is 2.24. The number of carbonyl (C=O) groups is 2. The van der Waals surface area contributed by atoms with Crippen molar-refractivity contribution in [2.45, 2.75) is 39.2 Å². The van der Waals surface area contributed by atoms with Crippen molar-refractivity contribution in [2.24, 2.45) is 0 Å². The van der Waals surface area contributed by atoms with Gasteiger partial charge in [-0.25, -0.2) is 0 Å². The lowest BCUT2D eigenvalue weighted by molar-refractivity contribution is -0.140. The van der Waals surface area contributed by atoms with Crippen LogP contribution in [0.4, 0.5) is 5.69 Å². The second kappa shape index (κ2) is 7.53. The normalized spacial score (nSPS) is 11.9. The van der Waals surface area contributed by atoms with E-state index in [4.69, 9.17) is 10.8 Å². The average molecular weight is 278 g/mol. The molecule has 0 aromatic heterocycles. The lowest BCUT2D eigenvalue weighted by Crippen LogP contribution is -2.39. The number of aliphatic carboxylic acids is 1. The van der Waals surface area contributed by atoms with Crippen molar-refractivity contribution >= 4 is 17.6 Å². The number of benzene rings is 1. The Bertz CT molecular complexity index is 474. The predicted molar refractivity (Wildman–Crippen MR) is 78.3 cm³/mol. The van der Waals surface area contributed by atoms with Crippen LogP contribution < -0.4 is 5.73 Å². The molecule has 0 spiro atoms. The Morgan fingerprint density at radius 1 is 1.35 bits per heavy atom. The summed E-state index contributed by atoms with van der Waals surface area (Å²) in [6.45, 7) is 4.12. The lowest BCUT2D eigenvalue weighted by atomic mass is 10.1. The van der Waals surface area contributed by atoms with Crippen LogP contribution in [0.15, 0.2) is 24.3 Å². The van der Waals surface area contributed by atoms with E-state index in [0.29, 0.717) is 25.1 Å². The number of carbonyl (C=O) groups excluding carboxylic acids is 1. The standard InChI is InChI=1S/C15H22N2O3/c1-3-17(11(2)10-15(19)20)14(18)9-8-12-6-4-5-7-13(12)16/h4-7,11H,3,8-10,16H2,1-2H3,(H,19,20). The highest BCUT2D eigenvalue weighted by Gasteiger charge is 2.20. The molecule has 1 amide bonds. The minimum atomic E-state index is -0.893. The van der Waals surface area contributed by atoms with Crippen LogP contribution in [0.25, 0.3) is 0 Å². The zero-order chi connectivity index (χ0) is 15.1. The molecule has 1 unspecified atom stereocenters. The largest absolute Gasteiger partial charge is 0.481 e. The average Bonchev–Trinajstić information content (AvgIpc) is 2.37. The first-order valence-electron chi connectivity index (χ1n) is 6.80. The van der Waals surface area contributed by atoms with Crippen molar-refractivity contribution in [1.82, 2.24) is 4.90 Å². The summed E-state index contributed by atoms with van der Waals surface area (Å²) >= 11 is 0. The second-order valence-electron chi connectivity index (χ2n) is 4.83. The molecule has 5 heteroatoms. The Balaban J connectivity index is 2.60. The maximum atomic E-state index is 12.2. The van der Waals surface area contributed by atoms with Gasteiger partial charge in [0.05, 0.1) is 6.42 Å². The number of nitrogens with zero attached hydrogens (tertiary/aromatic N) is 1. The van der Waals surface area contributed by atoms with E-state index < -0.39 is 5.97 Å². The summed E-state index contributed by atoms with van der Waals surface area (Å²) in [7, 11) is 0. The van der Waals surface area contributed by atoms with Crippen LogP contribution in [0.5, 0.6) is 0 Å². The van der Waals surface area contributed by atoms with Crippen LogP contribution in [0.3, 0.4) is 0 Å². The number of hydrogen-bond acceptors (Lipinski definition) is 3. The van der Waals surface area contributed by atoms with E-state index in [9.17, 15) is 9.59 Å². The van der Waals surface area contributed by atoms with Gasteiger partial charge in [-0.2, -0.15) is 0 Å². The van der Waals surface area contributed by atoms with Gasteiger partial charge in [0, 0.05) is 24.7 Å². The van der Waals surface area contributed by atoms with Gasteiger partial charge in [-0.1, -0.05) is 18.2 Å². The number of para-hydroxylation sites is 1. The first kappa shape index (κ1) is 16.0. The molecule has 0 radical (unpaired) electrons. The summed E-state index contributed by atoms with van der Waals surface area (Å²) in [5.74, 6) is -0.930. The Morgan fingerprint density at radius 3 is 2.55 bits per heavy atom. The quantitative estimate of drug-likeness (QED) is 0.746. The van der Waals surface area contributed by atoms with E-state index in [-0.39, 0.29) is 18.4 Å². The molecule has 3 N–H and O–H groups in total. The lowest BCUT2D eigenvalue weighted by Gasteiger charge is -2.27. The van der Waals surface area contributed by atoms with Crippen molar-refractivity contribution in [2.75, 3.05) is 12.3 Å². The Kier molecular flexibility index (Phi) is 6.03. The van der Waals surface area contributed by atoms with Gasteiger partial charge >= 0.3 is 5.97 Å². The van der Waals surface area contributed by atoms with Gasteiger partial charge < -0.3 is 15.7 Å². The van der Waals surface area contributed by atoms with Crippen LogP contribution >= 0.6 is 0 Å². The SMILES string of the molecule is CCN(C(=O)CCc1ccccc1N)C(C)CC(=O)O. The van der Waals surface area contributed by atoms with Crippen LogP contribution in [0.2, 0.25) is 0 Å². The van der Waals surface area contributed by atoms with Crippen molar-refractivity contribution in [3.8, 4) is 0 Å². The summed E-state index contributed by atoms with van der Waals surface area (Å²) in [6.07, 6.45) is 0.876. The van der Waals surface area contributed by atoms with Crippen molar-refractivity contribution < 1.29 is 14.7 Å². The number of rotatable bonds is 7. The number of anilines is 1. The van der Waals surface area contributed by atoms with E-state index in [1.165, 1.54) is 0 Å². The molecule has 0 saturated carbocycles. The molecule has 20 heavy (non-hydrogen) atoms. The number of nitrogen functional groups attached to an aromatic ring is 1. The molecule has 0 aliphatic carbocycles. The highest BCUT2D eigenvalue weighted by atomic mass is 16.4. The number of amides is 1. The van der Waals surface area contributed by atoms with Gasteiger partial charge in [0.1, 0.15) is 0 Å². The number of aryl methyl sites for hydroxylation is 1. The highest BCUT2D eigenvalue weighted by molar-refractivity contribution is 5.78. The van der Waals surface area contributed by atoms with Crippen LogP contribution in [-0.2, 0) is 16.0 Å². The molecule has 1 rings (SSSR count). The fourth-order valence-electron chi connectivity index (χ4n) is 2.24. The van der Waals surface area contributed by atoms with E-state index in [0.717, 1.165) is 5.56 Å². The highest BCUT2D eigenvalue weighted by Crippen LogP contribution is 2.14. The summed E-state index contributed by atoms with van der Waals surface area (Å²) in [6, 6.07) is 7.16. The molecule has 110 valence electrons. The van der Waals surface area contributed by atoms with Gasteiger partial charge in [0.2, 0.25) is 5.91 Å². The zero-order valence-electron chi connectivity index (χ0n) is 12.0. The summed E-state index contributed by atoms with van der Waals surface area (Å²) < 4.78 is 0. The first-order valence-corrected chi connectivity index (χ1v) is 6.80. The van der Waals surface area contributed by atoms with E-state index >= 15 is 0 Å². The Labute approximate surface area is 119 Å². The topological polar surface area (TPSA) is 83.6 Å². The molecule has 0 bridgehead atoms. The summed E-state index contributed by atoms with van der Waals surface area (Å²) in [5, 5.41) is 8.80. The van der Waals surface area contributed by atoms with Crippen molar-refractivity contribution in [3.05, 3.63) is 29.8 Å². The van der Waals surface area contributed by atoms with Gasteiger partial charge in [-0.05, 0) is 31.9 Å². The molecule has 0 fully saturated rings. The van der Waals surface area contributed by atoms with E-state index in [1.807, 2.05) is 31.2 Å². The van der Waals surface area contributed by atoms with Crippen LogP contribution in [-0.4, -0.2) is 34.5 Å². The number of nitrogens with two attached hydrogens (primary N) is 1. The monoisotopic (exact) mass is 278 g/mol. The summed E-state index contributed by atoms with van der Waals surface area (Å²) in [4.78, 5) is 24.5. The number of carboxylic acid groups (broad SMARTS) is 1. The smallest absolute Gasteiger partial charge is 0.305 e. The van der Waals surface area contributed by atoms with Gasteiger partial charge in [0.25, 0.3) is 0 Å². The van der Waals surface area contributed by atoms with E-state index in [1.54, 1.807) is 11.8 Å². The molecule has 0 aliphatic rings. The minimum absolute atomic E-state index is 0.0347. The third-order valence-electron chi connectivity index (χ3n) is 3.33. The molecule has 1 aromatic rings. The van der Waals surface area contributed by atoms with Crippen molar-refractivity contribution in [1.29, 1.82) is 0 Å². The molecule has 0 aliphatic heterocycles. The second-order valence-corrected chi connectivity index (χ2v) is 4.83. The molecular formula is C15H22N2O3. The fraction of sp³-hybridized carbons (Fsp3) is 0.467. The molecule has 1 aromatic carbocycles. The number of carboxylic acids is 1. The van der Waals surface area contributed by atoms with Crippen LogP contribution in [0, 0.1) is 0 Å². The minimum Gasteiger partial charge on any atom is -0.481 e. The van der Waals surface area contributed by atoms with Gasteiger partial charge in [-0.3, -0.25) is 9.59 Å². The maximum absolute atomic E-state index is 12.2. The predicted octanol–water partition coefficient (Wildman–Crippen LogP) is 1.91. The molecule has 0 saturated heterocycles. The van der Waals surface area contributed by atoms with E-state index in [2.05, 4.69) is 0 Å². The first-order chi connectivity index (χ1) is 9.45. The molecule has 1 atom stereocenters. The van der Waals surface area contributed by atoms with Gasteiger partial charge in [0.15, 0.2) is 0 Å². The van der Waals surface area contributed by atoms with Crippen LogP contribution in [0.1, 0.15) is 32.3 Å². The van der Waals surface area contributed by atoms with Crippen molar-refractivity contribution in [3.63, 3.8) is 0 Å². The Hall–Kier alpha value is -2.04. The molecular weight excluding hydrogens is 256 g/mol. The maximum Gasteiger partial charge on any atom is 0.305 e. The summed E-state index contributed by atoms with van der Waals surface area (Å²) in [5.41, 5.74) is 7.47. The number of hydrogen-bond donors (Lipinski definition) is 2.